The molecule has 2 unspecified atom stereocenters. The molecule has 35 heavy (non-hydrogen) atoms. The van der Waals surface area contributed by atoms with Gasteiger partial charge in [0.1, 0.15) is 0 Å². The van der Waals surface area contributed by atoms with E-state index in [9.17, 15) is 9.90 Å². The first-order valence-corrected chi connectivity index (χ1v) is 12.4. The van der Waals surface area contributed by atoms with E-state index in [1.54, 1.807) is 0 Å². The zero-order valence-electron chi connectivity index (χ0n) is 19.7. The number of hydrogen-bond acceptors (Lipinski definition) is 5. The number of rotatable bonds is 6. The Morgan fingerprint density at radius 1 is 1.17 bits per heavy atom. The van der Waals surface area contributed by atoms with Gasteiger partial charge in [-0.3, -0.25) is 4.79 Å². The van der Waals surface area contributed by atoms with Gasteiger partial charge in [0.15, 0.2) is 17.3 Å². The summed E-state index contributed by atoms with van der Waals surface area (Å²) in [4.78, 5) is 17.3. The molecule has 1 aromatic heterocycles. The lowest BCUT2D eigenvalue weighted by Crippen LogP contribution is -2.49. The summed E-state index contributed by atoms with van der Waals surface area (Å²) in [7, 11) is 0. The average molecular weight is 490 g/mol. The van der Waals surface area contributed by atoms with Crippen molar-refractivity contribution in [1.29, 1.82) is 0 Å². The van der Waals surface area contributed by atoms with Gasteiger partial charge in [0.05, 0.1) is 6.57 Å². The van der Waals surface area contributed by atoms with Crippen LogP contribution in [0.1, 0.15) is 36.8 Å². The summed E-state index contributed by atoms with van der Waals surface area (Å²) in [5.41, 5.74) is 2.62. The van der Waals surface area contributed by atoms with Gasteiger partial charge in [0.2, 0.25) is 0 Å². The second kappa shape index (κ2) is 9.71. The first kappa shape index (κ1) is 23.4. The molecule has 1 saturated carbocycles. The van der Waals surface area contributed by atoms with E-state index in [2.05, 4.69) is 25.3 Å². The van der Waals surface area contributed by atoms with Crippen LogP contribution in [0, 0.1) is 31.2 Å². The number of halogens is 1. The van der Waals surface area contributed by atoms with Crippen molar-refractivity contribution < 1.29 is 9.90 Å². The largest absolute Gasteiger partial charge is 0.481 e. The Hall–Kier alpha value is -3.37. The van der Waals surface area contributed by atoms with E-state index < -0.39 is 5.97 Å². The fraction of sp³-hybridized carbons (Fsp3) is 0.407. The second-order valence-corrected chi connectivity index (χ2v) is 10.2. The Labute approximate surface area is 209 Å². The number of carboxylic acid groups (broad SMARTS) is 1. The van der Waals surface area contributed by atoms with Gasteiger partial charge in [-0.05, 0) is 60.8 Å². The van der Waals surface area contributed by atoms with Gasteiger partial charge in [-0.15, -0.1) is 10.2 Å². The molecule has 2 N–H and O–H groups in total. The highest BCUT2D eigenvalue weighted by molar-refractivity contribution is 6.31. The third-order valence-corrected chi connectivity index (χ3v) is 7.96. The molecule has 8 heteroatoms. The second-order valence-electron chi connectivity index (χ2n) is 9.77. The minimum absolute atomic E-state index is 0.229. The maximum absolute atomic E-state index is 11.4. The summed E-state index contributed by atoms with van der Waals surface area (Å²) < 4.78 is 0. The van der Waals surface area contributed by atoms with E-state index in [4.69, 9.17) is 18.2 Å². The Kier molecular flexibility index (Phi) is 6.48. The lowest BCUT2D eigenvalue weighted by atomic mass is 9.67. The number of hydrogen-bond donors (Lipinski definition) is 2. The maximum atomic E-state index is 11.4. The summed E-state index contributed by atoms with van der Waals surface area (Å²) in [5.74, 6) is 1.66. The average Bonchev–Trinajstić information content (AvgIpc) is 2.83. The lowest BCUT2D eigenvalue weighted by Gasteiger charge is -2.47. The van der Waals surface area contributed by atoms with Crippen LogP contribution in [0.2, 0.25) is 5.02 Å². The number of piperidine rings is 1. The third kappa shape index (κ3) is 4.76. The third-order valence-electron chi connectivity index (χ3n) is 7.55. The van der Waals surface area contributed by atoms with Crippen molar-refractivity contribution in [3.63, 3.8) is 0 Å². The van der Waals surface area contributed by atoms with Crippen LogP contribution < -0.4 is 10.2 Å². The number of aliphatic carboxylic acids is 1. The van der Waals surface area contributed by atoms with Crippen LogP contribution in [0.5, 0.6) is 0 Å². The van der Waals surface area contributed by atoms with E-state index in [1.165, 1.54) is 0 Å². The first-order valence-electron chi connectivity index (χ1n) is 12.1. The molecule has 0 amide bonds. The summed E-state index contributed by atoms with van der Waals surface area (Å²) in [6.45, 7) is 11.6. The van der Waals surface area contributed by atoms with Crippen LogP contribution in [0.15, 0.2) is 36.4 Å². The van der Waals surface area contributed by atoms with Gasteiger partial charge >= 0.3 is 5.97 Å². The summed E-state index contributed by atoms with van der Waals surface area (Å²) in [6, 6.07) is 11.6. The molecule has 3 aromatic rings. The molecular formula is C27H28ClN5O2. The molecule has 0 radical (unpaired) electrons. The molecule has 0 spiro atoms. The number of carbonyl (C=O) groups is 1. The fourth-order valence-electron chi connectivity index (χ4n) is 5.75. The van der Waals surface area contributed by atoms with Crippen molar-refractivity contribution in [3.8, 4) is 0 Å². The Balaban J connectivity index is 1.46. The number of anilines is 2. The molecule has 1 aliphatic carbocycles. The first-order chi connectivity index (χ1) is 16.9. The molecule has 2 bridgehead atoms. The highest BCUT2D eigenvalue weighted by atomic mass is 35.5. The molecule has 7 nitrogen and oxygen atoms in total. The van der Waals surface area contributed by atoms with Crippen molar-refractivity contribution in [2.24, 2.45) is 17.8 Å². The Morgan fingerprint density at radius 2 is 1.94 bits per heavy atom. The number of benzene rings is 2. The smallest absolute Gasteiger partial charge is 0.303 e. The number of fused-ring (bicyclic) bond motifs is 3. The van der Waals surface area contributed by atoms with Crippen molar-refractivity contribution in [1.82, 2.24) is 10.2 Å². The minimum atomic E-state index is -0.706. The molecule has 2 aromatic carbocycles. The summed E-state index contributed by atoms with van der Waals surface area (Å²) in [5, 5.41) is 24.5. The van der Waals surface area contributed by atoms with Crippen molar-refractivity contribution in [2.75, 3.05) is 23.3 Å². The number of aromatic nitrogens is 2. The van der Waals surface area contributed by atoms with Crippen LogP contribution in [0.4, 0.5) is 17.3 Å². The molecule has 1 aliphatic heterocycles. The fourth-order valence-corrected chi connectivity index (χ4v) is 5.95. The maximum Gasteiger partial charge on any atom is 0.303 e. The number of nitrogens with one attached hydrogen (secondary N) is 1. The number of carboxylic acids is 1. The van der Waals surface area contributed by atoms with E-state index in [0.29, 0.717) is 29.9 Å². The normalized spacial score (nSPS) is 21.5. The van der Waals surface area contributed by atoms with Crippen LogP contribution in [-0.2, 0) is 11.3 Å². The van der Waals surface area contributed by atoms with Gasteiger partial charge < -0.3 is 15.3 Å². The summed E-state index contributed by atoms with van der Waals surface area (Å²) in [6.07, 6.45) is 3.51. The predicted molar refractivity (Wildman–Crippen MR) is 138 cm³/mol. The van der Waals surface area contributed by atoms with Gasteiger partial charge in [-0.25, -0.2) is 4.85 Å². The van der Waals surface area contributed by atoms with Gasteiger partial charge in [-0.2, -0.15) is 0 Å². The van der Waals surface area contributed by atoms with Gasteiger partial charge in [0.25, 0.3) is 0 Å². The highest BCUT2D eigenvalue weighted by Crippen LogP contribution is 2.44. The van der Waals surface area contributed by atoms with Gasteiger partial charge in [-0.1, -0.05) is 42.3 Å². The van der Waals surface area contributed by atoms with E-state index in [0.717, 1.165) is 65.1 Å². The standard InChI is InChI=1S/C27H28ClN5O2/c1-16-6-7-17(10-24(16)28)13-30-26-23-11-20(29-2)8-9-21(23)27(32-31-26)33-14-18-4-3-5-19(15-33)22(18)12-25(34)35/h6-11,18-19,22H,3-5,12-15H2,1H3,(H,30,31)(H,34,35). The van der Waals surface area contributed by atoms with Crippen LogP contribution in [-0.4, -0.2) is 34.4 Å². The Morgan fingerprint density at radius 3 is 2.63 bits per heavy atom. The zero-order chi connectivity index (χ0) is 24.5. The monoisotopic (exact) mass is 489 g/mol. The topological polar surface area (TPSA) is 82.7 Å². The SMILES string of the molecule is [C-]#[N+]c1ccc2c(N3CC4CCCC(C3)C4CC(=O)O)nnc(NCc3ccc(C)c(Cl)c3)c2c1. The quantitative estimate of drug-likeness (QED) is 0.408. The predicted octanol–water partition coefficient (Wildman–Crippen LogP) is 6.08. The molecule has 1 saturated heterocycles. The van der Waals surface area contributed by atoms with Crippen molar-refractivity contribution >= 4 is 45.7 Å². The van der Waals surface area contributed by atoms with E-state index in [1.807, 2.05) is 43.3 Å². The van der Waals surface area contributed by atoms with Crippen LogP contribution in [0.25, 0.3) is 15.6 Å². The summed E-state index contributed by atoms with van der Waals surface area (Å²) >= 11 is 6.29. The molecule has 5 rings (SSSR count). The minimum Gasteiger partial charge on any atom is -0.481 e. The Bertz CT molecular complexity index is 1310. The van der Waals surface area contributed by atoms with E-state index >= 15 is 0 Å². The lowest BCUT2D eigenvalue weighted by molar-refractivity contribution is -0.139. The molecule has 2 atom stereocenters. The molecule has 2 fully saturated rings. The number of nitrogens with zero attached hydrogens (tertiary/aromatic N) is 4. The van der Waals surface area contributed by atoms with E-state index in [-0.39, 0.29) is 12.3 Å². The number of aryl methyl sites for hydroxylation is 1. The van der Waals surface area contributed by atoms with Crippen LogP contribution in [0.3, 0.4) is 0 Å². The van der Waals surface area contributed by atoms with Gasteiger partial charge in [0, 0.05) is 41.9 Å². The van der Waals surface area contributed by atoms with Crippen molar-refractivity contribution in [2.45, 2.75) is 39.2 Å². The molecular weight excluding hydrogens is 462 g/mol. The molecule has 2 heterocycles. The van der Waals surface area contributed by atoms with Crippen LogP contribution >= 0.6 is 11.6 Å². The molecule has 2 aliphatic rings. The molecule has 180 valence electrons. The highest BCUT2D eigenvalue weighted by Gasteiger charge is 2.41. The van der Waals surface area contributed by atoms with Crippen molar-refractivity contribution in [3.05, 3.63) is 64.0 Å². The zero-order valence-corrected chi connectivity index (χ0v) is 20.4.